The molecule has 13 heteroatoms. The number of rotatable bonds is 12. The second-order valence-electron chi connectivity index (χ2n) is 10.1. The summed E-state index contributed by atoms with van der Waals surface area (Å²) in [4.78, 5) is 43.1. The maximum atomic E-state index is 13.1. The van der Waals surface area contributed by atoms with Crippen LogP contribution in [0.25, 0.3) is 22.2 Å². The highest BCUT2D eigenvalue weighted by molar-refractivity contribution is 6.03. The molecule has 2 heterocycles. The van der Waals surface area contributed by atoms with E-state index in [1.54, 1.807) is 42.8 Å². The first-order valence-corrected chi connectivity index (χ1v) is 13.3. The lowest BCUT2D eigenvalue weighted by Gasteiger charge is -2.22. The van der Waals surface area contributed by atoms with Gasteiger partial charge in [0.2, 0.25) is 5.95 Å². The second kappa shape index (κ2) is 12.7. The average molecular weight is 578 g/mol. The van der Waals surface area contributed by atoms with Crippen molar-refractivity contribution in [2.24, 2.45) is 0 Å². The number of hydrogen-bond donors (Lipinski definition) is 1. The van der Waals surface area contributed by atoms with Gasteiger partial charge < -0.3 is 29.4 Å². The lowest BCUT2D eigenvalue weighted by molar-refractivity contribution is -0.384. The molecule has 0 radical (unpaired) electrons. The largest absolute Gasteiger partial charge is 0.494 e. The Morgan fingerprint density at radius 3 is 2.52 bits per heavy atom. The molecule has 0 unspecified atom stereocenters. The van der Waals surface area contributed by atoms with Gasteiger partial charge in [0, 0.05) is 49.4 Å². The van der Waals surface area contributed by atoms with Crippen LogP contribution in [0.1, 0.15) is 24.2 Å². The highest BCUT2D eigenvalue weighted by atomic mass is 16.6. The number of anilines is 3. The van der Waals surface area contributed by atoms with Gasteiger partial charge in [-0.1, -0.05) is 18.2 Å². The van der Waals surface area contributed by atoms with Crippen LogP contribution in [0.15, 0.2) is 48.8 Å². The van der Waals surface area contributed by atoms with Crippen molar-refractivity contribution in [2.45, 2.75) is 20.0 Å². The van der Waals surface area contributed by atoms with Crippen molar-refractivity contribution in [1.29, 1.82) is 0 Å². The number of nitro benzene ring substituents is 1. The summed E-state index contributed by atoms with van der Waals surface area (Å²) in [6.45, 7) is 4.79. The molecule has 4 aromatic rings. The van der Waals surface area contributed by atoms with Crippen molar-refractivity contribution in [3.63, 3.8) is 0 Å². The molecule has 0 amide bonds. The Bertz CT molecular complexity index is 1600. The minimum Gasteiger partial charge on any atom is -0.494 e. The van der Waals surface area contributed by atoms with Crippen molar-refractivity contribution in [3.05, 3.63) is 64.5 Å². The molecule has 13 nitrogen and oxygen atoms in total. The third-order valence-corrected chi connectivity index (χ3v) is 6.51. The number of hydrogen-bond acceptors (Lipinski definition) is 11. The first-order chi connectivity index (χ1) is 20.0. The molecule has 0 aliphatic heterocycles. The Kier molecular flexibility index (Phi) is 9.11. The number of aromatic nitrogens is 3. The van der Waals surface area contributed by atoms with Crippen LogP contribution in [0.2, 0.25) is 0 Å². The van der Waals surface area contributed by atoms with Crippen molar-refractivity contribution >= 4 is 39.9 Å². The summed E-state index contributed by atoms with van der Waals surface area (Å²) in [5.41, 5.74) is 2.44. The summed E-state index contributed by atoms with van der Waals surface area (Å²) in [5.74, 6) is -0.127. The fraction of sp³-hybridized carbons (Fsp3) is 0.345. The van der Waals surface area contributed by atoms with Crippen LogP contribution in [-0.2, 0) is 4.74 Å². The number of methoxy groups -OCH3 is 1. The molecule has 0 bridgehead atoms. The molecule has 2 aromatic carbocycles. The summed E-state index contributed by atoms with van der Waals surface area (Å²) in [5, 5.41) is 15.9. The number of likely N-dealkylation sites (N-methyl/N-ethyl adjacent to an activating group) is 2. The number of ether oxygens (including phenoxy) is 2. The Labute approximate surface area is 243 Å². The highest BCUT2D eigenvalue weighted by Gasteiger charge is 2.25. The maximum Gasteiger partial charge on any atom is 0.342 e. The van der Waals surface area contributed by atoms with Crippen LogP contribution in [0.3, 0.4) is 0 Å². The van der Waals surface area contributed by atoms with Gasteiger partial charge in [-0.05, 0) is 34.0 Å². The van der Waals surface area contributed by atoms with E-state index in [4.69, 9.17) is 14.3 Å². The smallest absolute Gasteiger partial charge is 0.342 e. The minimum absolute atomic E-state index is 0.0988. The van der Waals surface area contributed by atoms with Gasteiger partial charge in [0.05, 0.1) is 41.2 Å². The molecule has 0 aliphatic rings. The van der Waals surface area contributed by atoms with Crippen molar-refractivity contribution in [3.8, 4) is 17.0 Å². The zero-order valence-corrected chi connectivity index (χ0v) is 24.7. The first-order valence-electron chi connectivity index (χ1n) is 13.3. The normalized spacial score (nSPS) is 11.2. The third kappa shape index (κ3) is 6.36. The molecule has 222 valence electrons. The summed E-state index contributed by atoms with van der Waals surface area (Å²) < 4.78 is 12.6. The fourth-order valence-electron chi connectivity index (χ4n) is 4.43. The summed E-state index contributed by atoms with van der Waals surface area (Å²) in [7, 11) is 8.68. The number of nitrogens with one attached hydrogen (secondary N) is 1. The monoisotopic (exact) mass is 577 g/mol. The molecule has 0 saturated carbocycles. The van der Waals surface area contributed by atoms with E-state index in [0.29, 0.717) is 35.8 Å². The Balaban J connectivity index is 1.82. The molecule has 42 heavy (non-hydrogen) atoms. The van der Waals surface area contributed by atoms with Gasteiger partial charge in [0.25, 0.3) is 5.69 Å². The topological polar surface area (TPSA) is 137 Å². The molecular weight excluding hydrogens is 542 g/mol. The molecular formula is C29H35N7O6. The van der Waals surface area contributed by atoms with Crippen LogP contribution in [0.4, 0.5) is 23.0 Å². The average Bonchev–Trinajstić information content (AvgIpc) is 3.34. The number of esters is 1. The van der Waals surface area contributed by atoms with Gasteiger partial charge >= 0.3 is 5.97 Å². The van der Waals surface area contributed by atoms with Crippen molar-refractivity contribution in [1.82, 2.24) is 19.6 Å². The van der Waals surface area contributed by atoms with E-state index in [-0.39, 0.29) is 29.0 Å². The lowest BCUT2D eigenvalue weighted by atomic mass is 10.1. The van der Waals surface area contributed by atoms with Crippen LogP contribution in [0.5, 0.6) is 5.75 Å². The third-order valence-electron chi connectivity index (χ3n) is 6.51. The predicted octanol–water partition coefficient (Wildman–Crippen LogP) is 4.38. The van der Waals surface area contributed by atoms with Crippen LogP contribution in [-0.4, -0.2) is 85.0 Å². The number of carbonyl (C=O) groups excluding carboxylic acids is 1. The zero-order chi connectivity index (χ0) is 30.6. The molecule has 1 N–H and O–H groups in total. The van der Waals surface area contributed by atoms with Gasteiger partial charge in [-0.3, -0.25) is 10.1 Å². The van der Waals surface area contributed by atoms with Crippen LogP contribution >= 0.6 is 0 Å². The number of benzene rings is 2. The Morgan fingerprint density at radius 2 is 1.88 bits per heavy atom. The predicted molar refractivity (Wildman–Crippen MR) is 161 cm³/mol. The van der Waals surface area contributed by atoms with Crippen molar-refractivity contribution < 1.29 is 24.0 Å². The lowest BCUT2D eigenvalue weighted by Crippen LogP contribution is -2.29. The zero-order valence-electron chi connectivity index (χ0n) is 24.7. The van der Waals surface area contributed by atoms with Gasteiger partial charge in [0.1, 0.15) is 24.1 Å². The number of para-hydroxylation sites is 1. The second-order valence-corrected chi connectivity index (χ2v) is 10.1. The van der Waals surface area contributed by atoms with Gasteiger partial charge in [-0.15, -0.1) is 0 Å². The van der Waals surface area contributed by atoms with Gasteiger partial charge in [0.15, 0.2) is 0 Å². The van der Waals surface area contributed by atoms with E-state index in [9.17, 15) is 14.9 Å². The maximum absolute atomic E-state index is 13.1. The molecule has 4 rings (SSSR count). The van der Waals surface area contributed by atoms with E-state index >= 15 is 0 Å². The first kappa shape index (κ1) is 30.1. The summed E-state index contributed by atoms with van der Waals surface area (Å²) in [6, 6.07) is 10.5. The van der Waals surface area contributed by atoms with E-state index in [2.05, 4.69) is 15.3 Å². The SMILES string of the molecule is COc1cc(N(C)CCN(C)C)c([N+](=O)[O-])cc1Nc1ncc(C(=O)OC(C)C)c(-c2cn(OC)c3ccccc23)n1. The van der Waals surface area contributed by atoms with E-state index < -0.39 is 10.9 Å². The van der Waals surface area contributed by atoms with E-state index in [0.717, 1.165) is 10.9 Å². The molecule has 0 atom stereocenters. The number of fused-ring (bicyclic) bond motifs is 1. The number of carbonyl (C=O) groups is 1. The van der Waals surface area contributed by atoms with Crippen molar-refractivity contribution in [2.75, 3.05) is 58.7 Å². The summed E-state index contributed by atoms with van der Waals surface area (Å²) in [6.07, 6.45) is 2.74. The standard InChI is InChI=1S/C29H35N7O6/c1-18(2)42-28(37)20-16-30-29(32-27(20)21-17-35(41-7)23-11-9-8-10-19(21)23)31-22-14-25(36(38)39)24(15-26(22)40-6)34(5)13-12-33(3)4/h8-11,14-18H,12-13H2,1-7H3,(H,30,31,32). The quantitative estimate of drug-likeness (QED) is 0.146. The molecule has 0 saturated heterocycles. The fourth-order valence-corrected chi connectivity index (χ4v) is 4.43. The highest BCUT2D eigenvalue weighted by Crippen LogP contribution is 2.39. The van der Waals surface area contributed by atoms with Gasteiger partial charge in [-0.2, -0.15) is 4.73 Å². The summed E-state index contributed by atoms with van der Waals surface area (Å²) >= 11 is 0. The molecule has 0 fully saturated rings. The molecule has 0 aliphatic carbocycles. The van der Waals surface area contributed by atoms with Crippen LogP contribution in [0, 0.1) is 10.1 Å². The van der Waals surface area contributed by atoms with E-state index in [1.807, 2.05) is 43.3 Å². The van der Waals surface area contributed by atoms with Crippen LogP contribution < -0.4 is 19.8 Å². The molecule has 0 spiro atoms. The number of nitrogens with zero attached hydrogens (tertiary/aromatic N) is 6. The molecule has 2 aromatic heterocycles. The number of nitro groups is 1. The van der Waals surface area contributed by atoms with E-state index in [1.165, 1.54) is 26.5 Å². The minimum atomic E-state index is -0.584. The Morgan fingerprint density at radius 1 is 1.14 bits per heavy atom. The Hall–Kier alpha value is -4.91. The van der Waals surface area contributed by atoms with Gasteiger partial charge in [-0.25, -0.2) is 14.8 Å².